The van der Waals surface area contributed by atoms with Crippen molar-refractivity contribution in [2.75, 3.05) is 13.6 Å². The third kappa shape index (κ3) is 3.34. The monoisotopic (exact) mass is 251 g/mol. The van der Waals surface area contributed by atoms with Crippen molar-refractivity contribution in [2.24, 2.45) is 11.8 Å². The molecule has 0 aromatic carbocycles. The first-order valence-electron chi connectivity index (χ1n) is 6.46. The number of nitrogens with one attached hydrogen (secondary N) is 1. The van der Waals surface area contributed by atoms with Crippen molar-refractivity contribution in [3.8, 4) is 0 Å². The molecule has 1 aliphatic carbocycles. The number of carbonyl (C=O) groups is 1. The number of rotatable bonds is 5. The maximum absolute atomic E-state index is 11.3. The second kappa shape index (κ2) is 6.02. The van der Waals surface area contributed by atoms with Crippen molar-refractivity contribution in [3.05, 3.63) is 23.7 Å². The van der Waals surface area contributed by atoms with Crippen LogP contribution in [0.5, 0.6) is 0 Å². The van der Waals surface area contributed by atoms with Gasteiger partial charge in [-0.15, -0.1) is 0 Å². The van der Waals surface area contributed by atoms with Gasteiger partial charge in [0, 0.05) is 6.54 Å². The van der Waals surface area contributed by atoms with Gasteiger partial charge < -0.3 is 4.42 Å². The van der Waals surface area contributed by atoms with Crippen LogP contribution in [0, 0.1) is 5.92 Å². The van der Waals surface area contributed by atoms with Crippen LogP contribution in [0.4, 0.5) is 0 Å². The zero-order valence-corrected chi connectivity index (χ0v) is 10.8. The molecule has 0 atom stereocenters. The molecule has 1 heterocycles. The maximum Gasteiger partial charge on any atom is 0.268 e. The van der Waals surface area contributed by atoms with Gasteiger partial charge in [-0.3, -0.25) is 15.1 Å². The first-order chi connectivity index (χ1) is 8.69. The van der Waals surface area contributed by atoms with Crippen LogP contribution in [0.3, 0.4) is 0 Å². The number of hydrogen-bond donors (Lipinski definition) is 2. The molecule has 1 aromatic heterocycles. The van der Waals surface area contributed by atoms with E-state index < -0.39 is 0 Å². The summed E-state index contributed by atoms with van der Waals surface area (Å²) in [7, 11) is 2.09. The van der Waals surface area contributed by atoms with Gasteiger partial charge in [-0.25, -0.2) is 5.84 Å². The highest BCUT2D eigenvalue weighted by molar-refractivity contribution is 5.93. The van der Waals surface area contributed by atoms with Crippen LogP contribution in [0.15, 0.2) is 16.7 Å². The molecular weight excluding hydrogens is 230 g/mol. The average Bonchev–Trinajstić information content (AvgIpc) is 2.99. The molecule has 5 nitrogen and oxygen atoms in total. The van der Waals surface area contributed by atoms with Gasteiger partial charge in [0.25, 0.3) is 5.91 Å². The number of furan rings is 1. The van der Waals surface area contributed by atoms with Crippen LogP contribution in [-0.2, 0) is 6.54 Å². The molecule has 100 valence electrons. The highest BCUT2D eigenvalue weighted by Gasteiger charge is 2.17. The lowest BCUT2D eigenvalue weighted by atomic mass is 10.1. The minimum absolute atomic E-state index is 0.316. The van der Waals surface area contributed by atoms with E-state index in [4.69, 9.17) is 10.3 Å². The third-order valence-electron chi connectivity index (χ3n) is 3.52. The minimum atomic E-state index is -0.316. The zero-order valence-electron chi connectivity index (χ0n) is 10.8. The van der Waals surface area contributed by atoms with Crippen LogP contribution in [0.25, 0.3) is 0 Å². The van der Waals surface area contributed by atoms with E-state index in [0.717, 1.165) is 24.8 Å². The molecule has 1 amide bonds. The molecule has 1 aliphatic rings. The fourth-order valence-electron chi connectivity index (χ4n) is 2.63. The summed E-state index contributed by atoms with van der Waals surface area (Å²) in [5.41, 5.74) is 2.57. The molecule has 0 radical (unpaired) electrons. The lowest BCUT2D eigenvalue weighted by Crippen LogP contribution is -2.29. The van der Waals surface area contributed by atoms with Gasteiger partial charge in [-0.05, 0) is 31.9 Å². The Bertz CT molecular complexity index is 397. The van der Waals surface area contributed by atoms with Crippen molar-refractivity contribution in [1.29, 1.82) is 0 Å². The van der Waals surface area contributed by atoms with E-state index in [0.29, 0.717) is 5.56 Å². The SMILES string of the molecule is CN(Cc1cc(C(=O)NN)co1)CC1CCCC1. The molecule has 0 unspecified atom stereocenters. The normalized spacial score (nSPS) is 16.4. The molecule has 1 saturated carbocycles. The van der Waals surface area contributed by atoms with Gasteiger partial charge in [-0.2, -0.15) is 0 Å². The molecular formula is C13H21N3O2. The van der Waals surface area contributed by atoms with Crippen molar-refractivity contribution >= 4 is 5.91 Å². The zero-order chi connectivity index (χ0) is 13.0. The van der Waals surface area contributed by atoms with Gasteiger partial charge in [0.2, 0.25) is 0 Å². The number of nitrogens with two attached hydrogens (primary N) is 1. The highest BCUT2D eigenvalue weighted by Crippen LogP contribution is 2.25. The van der Waals surface area contributed by atoms with E-state index in [9.17, 15) is 4.79 Å². The van der Waals surface area contributed by atoms with Gasteiger partial charge in [0.15, 0.2) is 0 Å². The number of hydrogen-bond acceptors (Lipinski definition) is 4. The lowest BCUT2D eigenvalue weighted by molar-refractivity contribution is 0.0953. The molecule has 1 fully saturated rings. The molecule has 0 saturated heterocycles. The molecule has 0 spiro atoms. The van der Waals surface area contributed by atoms with Crippen molar-refractivity contribution in [2.45, 2.75) is 32.2 Å². The second-order valence-electron chi connectivity index (χ2n) is 5.12. The Labute approximate surface area is 107 Å². The van der Waals surface area contributed by atoms with Gasteiger partial charge in [0.05, 0.1) is 12.1 Å². The van der Waals surface area contributed by atoms with Crippen molar-refractivity contribution < 1.29 is 9.21 Å². The molecule has 1 aromatic rings. The molecule has 3 N–H and O–H groups in total. The predicted octanol–water partition coefficient (Wildman–Crippen LogP) is 1.51. The summed E-state index contributed by atoms with van der Waals surface area (Å²) < 4.78 is 5.36. The Morgan fingerprint density at radius 3 is 2.94 bits per heavy atom. The van der Waals surface area contributed by atoms with E-state index in [1.807, 2.05) is 0 Å². The third-order valence-corrected chi connectivity index (χ3v) is 3.52. The fourth-order valence-corrected chi connectivity index (χ4v) is 2.63. The first-order valence-corrected chi connectivity index (χ1v) is 6.46. The summed E-state index contributed by atoms with van der Waals surface area (Å²) in [6.45, 7) is 1.83. The first kappa shape index (κ1) is 13.1. The summed E-state index contributed by atoms with van der Waals surface area (Å²) in [6.07, 6.45) is 6.84. The van der Waals surface area contributed by atoms with Crippen LogP contribution in [0.2, 0.25) is 0 Å². The second-order valence-corrected chi connectivity index (χ2v) is 5.12. The number of amides is 1. The smallest absolute Gasteiger partial charge is 0.268 e. The van der Waals surface area contributed by atoms with Crippen LogP contribution in [0.1, 0.15) is 41.8 Å². The number of carbonyl (C=O) groups excluding carboxylic acids is 1. The summed E-state index contributed by atoms with van der Waals surface area (Å²) in [6, 6.07) is 1.74. The minimum Gasteiger partial charge on any atom is -0.467 e. The van der Waals surface area contributed by atoms with Gasteiger partial charge in [-0.1, -0.05) is 12.8 Å². The van der Waals surface area contributed by atoms with E-state index in [1.165, 1.54) is 31.9 Å². The van der Waals surface area contributed by atoms with Gasteiger partial charge >= 0.3 is 0 Å². The largest absolute Gasteiger partial charge is 0.467 e. The summed E-state index contributed by atoms with van der Waals surface area (Å²) in [5.74, 6) is 6.37. The number of hydrazine groups is 1. The Morgan fingerprint density at radius 1 is 1.56 bits per heavy atom. The molecule has 5 heteroatoms. The quantitative estimate of drug-likeness (QED) is 0.472. The van der Waals surface area contributed by atoms with E-state index in [-0.39, 0.29) is 5.91 Å². The van der Waals surface area contributed by atoms with Crippen LogP contribution < -0.4 is 11.3 Å². The maximum atomic E-state index is 11.3. The Balaban J connectivity index is 1.84. The summed E-state index contributed by atoms with van der Waals surface area (Å²) >= 11 is 0. The van der Waals surface area contributed by atoms with E-state index in [2.05, 4.69) is 17.4 Å². The Morgan fingerprint density at radius 2 is 2.28 bits per heavy atom. The van der Waals surface area contributed by atoms with Crippen LogP contribution in [-0.4, -0.2) is 24.4 Å². The summed E-state index contributed by atoms with van der Waals surface area (Å²) in [5, 5.41) is 0. The van der Waals surface area contributed by atoms with Crippen molar-refractivity contribution in [1.82, 2.24) is 10.3 Å². The highest BCUT2D eigenvalue weighted by atomic mass is 16.3. The number of nitrogen functional groups attached to an aromatic ring is 1. The molecule has 18 heavy (non-hydrogen) atoms. The Kier molecular flexibility index (Phi) is 4.38. The Hall–Kier alpha value is -1.33. The standard InChI is InChI=1S/C13H21N3O2/c1-16(7-10-4-2-3-5-10)8-12-6-11(9-18-12)13(17)15-14/h6,9-10H,2-5,7-8,14H2,1H3,(H,15,17). The molecule has 0 aliphatic heterocycles. The summed E-state index contributed by atoms with van der Waals surface area (Å²) in [4.78, 5) is 13.5. The van der Waals surface area contributed by atoms with Crippen molar-refractivity contribution in [3.63, 3.8) is 0 Å². The predicted molar refractivity (Wildman–Crippen MR) is 68.7 cm³/mol. The van der Waals surface area contributed by atoms with E-state index in [1.54, 1.807) is 6.07 Å². The average molecular weight is 251 g/mol. The van der Waals surface area contributed by atoms with E-state index >= 15 is 0 Å². The number of nitrogens with zero attached hydrogens (tertiary/aromatic N) is 1. The molecule has 0 bridgehead atoms. The van der Waals surface area contributed by atoms with Crippen LogP contribution >= 0.6 is 0 Å². The fraction of sp³-hybridized carbons (Fsp3) is 0.615. The topological polar surface area (TPSA) is 71.5 Å². The lowest BCUT2D eigenvalue weighted by Gasteiger charge is -2.19. The molecule has 2 rings (SSSR count). The van der Waals surface area contributed by atoms with Gasteiger partial charge in [0.1, 0.15) is 12.0 Å².